The summed E-state index contributed by atoms with van der Waals surface area (Å²) in [5, 5.41) is 9.08. The van der Waals surface area contributed by atoms with E-state index in [1.165, 1.54) is 17.2 Å². The Morgan fingerprint density at radius 1 is 1.16 bits per heavy atom. The Balaban J connectivity index is 1.79. The second kappa shape index (κ2) is 7.82. The van der Waals surface area contributed by atoms with Gasteiger partial charge >= 0.3 is 12.2 Å². The van der Waals surface area contributed by atoms with E-state index in [0.717, 1.165) is 25.0 Å². The van der Waals surface area contributed by atoms with Gasteiger partial charge in [0.05, 0.1) is 41.2 Å². The molecule has 2 aromatic rings. The van der Waals surface area contributed by atoms with Crippen molar-refractivity contribution in [2.24, 2.45) is 5.73 Å². The van der Waals surface area contributed by atoms with Crippen LogP contribution in [0.2, 0.25) is 0 Å². The molecule has 0 spiro atoms. The minimum absolute atomic E-state index is 0.0964. The number of benzene rings is 1. The molecule has 10 heteroatoms. The Hall–Kier alpha value is -3.61. The fourth-order valence-corrected chi connectivity index (χ4v) is 4.66. The van der Waals surface area contributed by atoms with E-state index in [1.54, 1.807) is 24.0 Å². The number of fused-ring (bicyclic) bond motifs is 1. The second-order valence-electron chi connectivity index (χ2n) is 8.00. The number of aryl methyl sites for hydroxylation is 1. The van der Waals surface area contributed by atoms with Gasteiger partial charge in [-0.1, -0.05) is 12.8 Å². The van der Waals surface area contributed by atoms with Gasteiger partial charge in [0, 0.05) is 5.69 Å². The molecule has 2 aliphatic rings. The molecule has 1 saturated heterocycles. The van der Waals surface area contributed by atoms with Crippen molar-refractivity contribution in [2.75, 3.05) is 9.80 Å². The zero-order chi connectivity index (χ0) is 23.2. The summed E-state index contributed by atoms with van der Waals surface area (Å²) in [4.78, 5) is 32.0. The topological polar surface area (TPSA) is 103 Å². The van der Waals surface area contributed by atoms with E-state index in [4.69, 9.17) is 11.0 Å². The number of pyridine rings is 1. The molecule has 2 atom stereocenters. The van der Waals surface area contributed by atoms with Crippen molar-refractivity contribution in [1.29, 1.82) is 5.26 Å². The molecule has 2 N–H and O–H groups in total. The van der Waals surface area contributed by atoms with Crippen LogP contribution in [0.25, 0.3) is 0 Å². The quantitative estimate of drug-likeness (QED) is 0.770. The second-order valence-corrected chi connectivity index (χ2v) is 8.00. The third-order valence-electron chi connectivity index (χ3n) is 6.05. The summed E-state index contributed by atoms with van der Waals surface area (Å²) < 4.78 is 40.5. The molecule has 4 rings (SSSR count). The molecular formula is C22H20F3N5O2. The minimum Gasteiger partial charge on any atom is -0.364 e. The van der Waals surface area contributed by atoms with Crippen molar-refractivity contribution >= 4 is 23.3 Å². The van der Waals surface area contributed by atoms with Crippen LogP contribution >= 0.6 is 0 Å². The van der Waals surface area contributed by atoms with Crippen LogP contribution in [0, 0.1) is 18.3 Å². The van der Waals surface area contributed by atoms with Gasteiger partial charge in [-0.2, -0.15) is 18.4 Å². The number of amides is 3. The molecule has 1 aromatic heterocycles. The lowest BCUT2D eigenvalue weighted by atomic mass is 9.89. The van der Waals surface area contributed by atoms with Gasteiger partial charge in [0.2, 0.25) is 0 Å². The molecule has 1 aliphatic carbocycles. The Labute approximate surface area is 182 Å². The maximum atomic E-state index is 13.5. The zero-order valence-electron chi connectivity index (χ0n) is 17.2. The highest BCUT2D eigenvalue weighted by Crippen LogP contribution is 2.42. The zero-order valence-corrected chi connectivity index (χ0v) is 17.2. The summed E-state index contributed by atoms with van der Waals surface area (Å²) in [7, 11) is 0. The van der Waals surface area contributed by atoms with E-state index >= 15 is 0 Å². The molecule has 7 nitrogen and oxygen atoms in total. The third kappa shape index (κ3) is 3.53. The van der Waals surface area contributed by atoms with Crippen molar-refractivity contribution in [3.8, 4) is 6.07 Å². The number of aromatic nitrogens is 1. The molecule has 2 fully saturated rings. The first kappa shape index (κ1) is 21.6. The number of alkyl halides is 3. The summed E-state index contributed by atoms with van der Waals surface area (Å²) in [6.45, 7) is 1.66. The summed E-state index contributed by atoms with van der Waals surface area (Å²) in [6, 6.07) is 5.51. The Kier molecular flexibility index (Phi) is 5.28. The number of nitrogens with two attached hydrogens (primary N) is 1. The molecule has 32 heavy (non-hydrogen) atoms. The van der Waals surface area contributed by atoms with Crippen molar-refractivity contribution in [1.82, 2.24) is 4.98 Å². The summed E-state index contributed by atoms with van der Waals surface area (Å²) in [6.07, 6.45) is -0.280. The van der Waals surface area contributed by atoms with E-state index < -0.39 is 29.2 Å². The van der Waals surface area contributed by atoms with E-state index in [-0.39, 0.29) is 23.5 Å². The first-order valence-corrected chi connectivity index (χ1v) is 10.1. The minimum atomic E-state index is -4.72. The number of urea groups is 1. The Morgan fingerprint density at radius 2 is 1.78 bits per heavy atom. The number of carbonyl (C=O) groups excluding carboxylic acids is 2. The standard InChI is InChI=1S/C22H20F3N5O2/c1-12-8-15(11-28-19(12)20(27)31)30-18-5-3-2-4-17(18)29(21(30)32)14-7-6-13(10-26)16(9-14)22(23,24)25/h6-9,11,17-18H,2-5H2,1H3,(H2,27,31)/t17-,18-/m0/s1. The smallest absolute Gasteiger partial charge is 0.364 e. The maximum Gasteiger partial charge on any atom is 0.417 e. The van der Waals surface area contributed by atoms with Gasteiger partial charge in [-0.25, -0.2) is 9.78 Å². The monoisotopic (exact) mass is 443 g/mol. The normalized spacial score (nSPS) is 20.8. The summed E-state index contributed by atoms with van der Waals surface area (Å²) >= 11 is 0. The lowest BCUT2D eigenvalue weighted by Crippen LogP contribution is -2.40. The first-order valence-electron chi connectivity index (χ1n) is 10.1. The van der Waals surface area contributed by atoms with Crippen molar-refractivity contribution in [3.05, 3.63) is 52.8 Å². The van der Waals surface area contributed by atoms with E-state index in [9.17, 15) is 22.8 Å². The highest BCUT2D eigenvalue weighted by Gasteiger charge is 2.48. The number of hydrogen-bond donors (Lipinski definition) is 1. The SMILES string of the molecule is Cc1cc(N2C(=O)N(c3ccc(C#N)c(C(F)(F)F)c3)[C@H]3CCCC[C@@H]32)cnc1C(N)=O. The number of carbonyl (C=O) groups is 2. The van der Waals surface area contributed by atoms with Crippen molar-refractivity contribution in [3.63, 3.8) is 0 Å². The fourth-order valence-electron chi connectivity index (χ4n) is 4.66. The molecule has 1 aromatic carbocycles. The van der Waals surface area contributed by atoms with E-state index in [1.807, 2.05) is 0 Å². The van der Waals surface area contributed by atoms with Gasteiger partial charge in [-0.15, -0.1) is 0 Å². The number of rotatable bonds is 3. The van der Waals surface area contributed by atoms with Crippen LogP contribution in [0.5, 0.6) is 0 Å². The molecule has 0 bridgehead atoms. The number of hydrogen-bond acceptors (Lipinski definition) is 4. The molecule has 0 unspecified atom stereocenters. The van der Waals surface area contributed by atoms with Gasteiger partial charge in [-0.3, -0.25) is 14.6 Å². The van der Waals surface area contributed by atoms with Crippen molar-refractivity contribution < 1.29 is 22.8 Å². The van der Waals surface area contributed by atoms with Gasteiger partial charge in [0.1, 0.15) is 5.69 Å². The van der Waals surface area contributed by atoms with Crippen LogP contribution < -0.4 is 15.5 Å². The van der Waals surface area contributed by atoms with Gasteiger partial charge in [0.25, 0.3) is 5.91 Å². The lowest BCUT2D eigenvalue weighted by Gasteiger charge is -2.32. The third-order valence-corrected chi connectivity index (χ3v) is 6.05. The number of nitrogens with zero attached hydrogens (tertiary/aromatic N) is 4. The van der Waals surface area contributed by atoms with E-state index in [2.05, 4.69) is 4.98 Å². The molecule has 3 amide bonds. The predicted molar refractivity (Wildman–Crippen MR) is 110 cm³/mol. The van der Waals surface area contributed by atoms with Gasteiger partial charge < -0.3 is 5.73 Å². The Morgan fingerprint density at radius 3 is 2.31 bits per heavy atom. The first-order chi connectivity index (χ1) is 15.1. The maximum absolute atomic E-state index is 13.5. The van der Waals surface area contributed by atoms with Crippen LogP contribution in [0.4, 0.5) is 29.3 Å². The van der Waals surface area contributed by atoms with Crippen LogP contribution in [-0.2, 0) is 6.18 Å². The van der Waals surface area contributed by atoms with Crippen LogP contribution in [0.15, 0.2) is 30.5 Å². The molecule has 2 heterocycles. The molecule has 0 radical (unpaired) electrons. The lowest BCUT2D eigenvalue weighted by molar-refractivity contribution is -0.137. The molecule has 166 valence electrons. The average molecular weight is 443 g/mol. The molecule has 1 aliphatic heterocycles. The van der Waals surface area contributed by atoms with Gasteiger partial charge in [0.15, 0.2) is 0 Å². The van der Waals surface area contributed by atoms with Crippen LogP contribution in [0.1, 0.15) is 52.9 Å². The largest absolute Gasteiger partial charge is 0.417 e. The fraction of sp³-hybridized carbons (Fsp3) is 0.364. The number of nitriles is 1. The Bertz CT molecular complexity index is 1140. The highest BCUT2D eigenvalue weighted by molar-refractivity contribution is 6.08. The van der Waals surface area contributed by atoms with E-state index in [0.29, 0.717) is 24.1 Å². The number of halogens is 3. The van der Waals surface area contributed by atoms with Crippen molar-refractivity contribution in [2.45, 2.75) is 50.9 Å². The molecule has 1 saturated carbocycles. The van der Waals surface area contributed by atoms with Crippen LogP contribution in [-0.4, -0.2) is 29.0 Å². The van der Waals surface area contributed by atoms with Crippen LogP contribution in [0.3, 0.4) is 0 Å². The number of primary amides is 1. The van der Waals surface area contributed by atoms with Gasteiger partial charge in [-0.05, 0) is 49.6 Å². The number of anilines is 2. The highest BCUT2D eigenvalue weighted by atomic mass is 19.4. The summed E-state index contributed by atoms with van der Waals surface area (Å²) in [5.74, 6) is -0.684. The molecular weight excluding hydrogens is 423 g/mol. The average Bonchev–Trinajstić information content (AvgIpc) is 3.04. The summed E-state index contributed by atoms with van der Waals surface area (Å²) in [5.41, 5.74) is 4.91. The predicted octanol–water partition coefficient (Wildman–Crippen LogP) is 4.14.